The van der Waals surface area contributed by atoms with Gasteiger partial charge in [-0.2, -0.15) is 0 Å². The number of hydrogen-bond donors (Lipinski definition) is 0. The van der Waals surface area contributed by atoms with Crippen molar-refractivity contribution in [3.63, 3.8) is 0 Å². The van der Waals surface area contributed by atoms with Crippen LogP contribution in [-0.4, -0.2) is 6.10 Å². The first-order chi connectivity index (χ1) is 3.85. The van der Waals surface area contributed by atoms with Gasteiger partial charge in [-0.05, 0) is 12.5 Å². The van der Waals surface area contributed by atoms with Crippen molar-refractivity contribution >= 4 is 0 Å². The fourth-order valence-electron chi connectivity index (χ4n) is 0.340. The molecule has 1 atom stereocenters. The summed E-state index contributed by atoms with van der Waals surface area (Å²) in [5, 5.41) is 2.26. The van der Waals surface area contributed by atoms with Crippen LogP contribution in [0.15, 0.2) is 18.0 Å². The standard InChI is InChI=1S/C5H9NO2/c1-3-5(4-2)8-6-7/h3,5H,1,4H2,2H3. The molecule has 0 aromatic rings. The molecular weight excluding hydrogens is 106 g/mol. The largest absolute Gasteiger partial charge is 0.357 e. The van der Waals surface area contributed by atoms with Crippen LogP contribution in [0.4, 0.5) is 0 Å². The summed E-state index contributed by atoms with van der Waals surface area (Å²) in [7, 11) is 0. The van der Waals surface area contributed by atoms with Crippen molar-refractivity contribution in [2.24, 2.45) is 5.34 Å². The predicted molar refractivity (Wildman–Crippen MR) is 31.2 cm³/mol. The van der Waals surface area contributed by atoms with Gasteiger partial charge in [-0.3, -0.25) is 0 Å². The van der Waals surface area contributed by atoms with Crippen LogP contribution in [0.5, 0.6) is 0 Å². The average Bonchev–Trinajstić information content (AvgIpc) is 1.83. The van der Waals surface area contributed by atoms with E-state index in [0.29, 0.717) is 0 Å². The molecule has 0 N–H and O–H groups in total. The minimum absolute atomic E-state index is 0.215. The van der Waals surface area contributed by atoms with Crippen molar-refractivity contribution in [1.29, 1.82) is 0 Å². The van der Waals surface area contributed by atoms with Gasteiger partial charge in [0.25, 0.3) is 0 Å². The molecule has 0 aliphatic heterocycles. The number of rotatable bonds is 4. The molecule has 8 heavy (non-hydrogen) atoms. The second-order valence-corrected chi connectivity index (χ2v) is 1.36. The summed E-state index contributed by atoms with van der Waals surface area (Å²) in [4.78, 5) is 13.7. The van der Waals surface area contributed by atoms with Crippen LogP contribution in [0.2, 0.25) is 0 Å². The summed E-state index contributed by atoms with van der Waals surface area (Å²) < 4.78 is 0. The summed E-state index contributed by atoms with van der Waals surface area (Å²) >= 11 is 0. The predicted octanol–water partition coefficient (Wildman–Crippen LogP) is 1.65. The molecule has 0 heterocycles. The lowest BCUT2D eigenvalue weighted by molar-refractivity contribution is 0.0862. The Morgan fingerprint density at radius 3 is 2.75 bits per heavy atom. The van der Waals surface area contributed by atoms with Crippen LogP contribution in [0.3, 0.4) is 0 Å². The number of hydrogen-bond acceptors (Lipinski definition) is 3. The maximum Gasteiger partial charge on any atom is 0.155 e. The molecule has 3 heteroatoms. The Hall–Kier alpha value is -0.860. The van der Waals surface area contributed by atoms with Crippen LogP contribution >= 0.6 is 0 Å². The monoisotopic (exact) mass is 115 g/mol. The molecule has 0 radical (unpaired) electrons. The molecule has 1 unspecified atom stereocenters. The molecule has 0 saturated carbocycles. The summed E-state index contributed by atoms with van der Waals surface area (Å²) in [6, 6.07) is 0. The first-order valence-corrected chi connectivity index (χ1v) is 2.46. The lowest BCUT2D eigenvalue weighted by Gasteiger charge is -2.01. The van der Waals surface area contributed by atoms with Crippen molar-refractivity contribution in [1.82, 2.24) is 0 Å². The van der Waals surface area contributed by atoms with Gasteiger partial charge in [0.2, 0.25) is 0 Å². The third-order valence-corrected chi connectivity index (χ3v) is 0.844. The molecule has 46 valence electrons. The molecular formula is C5H9NO2. The van der Waals surface area contributed by atoms with Crippen LogP contribution < -0.4 is 0 Å². The molecule has 0 aliphatic rings. The highest BCUT2D eigenvalue weighted by atomic mass is 16.7. The van der Waals surface area contributed by atoms with Crippen molar-refractivity contribution in [3.05, 3.63) is 17.6 Å². The highest BCUT2D eigenvalue weighted by molar-refractivity contribution is 4.77. The Kier molecular flexibility index (Phi) is 3.84. The normalized spacial score (nSPS) is 12.1. The van der Waals surface area contributed by atoms with Gasteiger partial charge in [0.05, 0.1) is 0 Å². The van der Waals surface area contributed by atoms with Gasteiger partial charge in [0, 0.05) is 0 Å². The Morgan fingerprint density at radius 1 is 2.00 bits per heavy atom. The zero-order valence-corrected chi connectivity index (χ0v) is 4.83. The van der Waals surface area contributed by atoms with Crippen molar-refractivity contribution in [3.8, 4) is 0 Å². The van der Waals surface area contributed by atoms with Crippen LogP contribution in [0.25, 0.3) is 0 Å². The van der Waals surface area contributed by atoms with Gasteiger partial charge < -0.3 is 4.84 Å². The van der Waals surface area contributed by atoms with Crippen LogP contribution in [0, 0.1) is 4.91 Å². The minimum Gasteiger partial charge on any atom is -0.357 e. The number of nitrogens with zero attached hydrogens (tertiary/aromatic N) is 1. The lowest BCUT2D eigenvalue weighted by Crippen LogP contribution is -2.01. The molecule has 0 bridgehead atoms. The second-order valence-electron chi connectivity index (χ2n) is 1.36. The highest BCUT2D eigenvalue weighted by Gasteiger charge is 1.97. The molecule has 0 rings (SSSR count). The van der Waals surface area contributed by atoms with Gasteiger partial charge in [-0.1, -0.05) is 13.5 Å². The molecule has 0 amide bonds. The highest BCUT2D eigenvalue weighted by Crippen LogP contribution is 1.97. The van der Waals surface area contributed by atoms with E-state index in [-0.39, 0.29) is 6.10 Å². The zero-order chi connectivity index (χ0) is 6.41. The van der Waals surface area contributed by atoms with Crippen LogP contribution in [-0.2, 0) is 4.84 Å². The second kappa shape index (κ2) is 4.30. The van der Waals surface area contributed by atoms with E-state index in [1.54, 1.807) is 6.08 Å². The van der Waals surface area contributed by atoms with Gasteiger partial charge in [-0.15, -0.1) is 4.91 Å². The molecule has 0 aliphatic carbocycles. The van der Waals surface area contributed by atoms with E-state index in [1.165, 1.54) is 0 Å². The Balaban J connectivity index is 3.35. The molecule has 0 fully saturated rings. The fourth-order valence-corrected chi connectivity index (χ4v) is 0.340. The van der Waals surface area contributed by atoms with Gasteiger partial charge >= 0.3 is 0 Å². The Labute approximate surface area is 48.3 Å². The Bertz CT molecular complexity index is 82.5. The Morgan fingerprint density at radius 2 is 2.62 bits per heavy atom. The molecule has 0 aromatic carbocycles. The van der Waals surface area contributed by atoms with Gasteiger partial charge in [0.15, 0.2) is 5.34 Å². The van der Waals surface area contributed by atoms with E-state index in [2.05, 4.69) is 16.8 Å². The van der Waals surface area contributed by atoms with Crippen molar-refractivity contribution in [2.75, 3.05) is 0 Å². The summed E-state index contributed by atoms with van der Waals surface area (Å²) in [5.74, 6) is 0. The van der Waals surface area contributed by atoms with Crippen LogP contribution in [0.1, 0.15) is 13.3 Å². The van der Waals surface area contributed by atoms with Crippen molar-refractivity contribution in [2.45, 2.75) is 19.4 Å². The van der Waals surface area contributed by atoms with E-state index in [0.717, 1.165) is 6.42 Å². The van der Waals surface area contributed by atoms with E-state index in [1.807, 2.05) is 6.92 Å². The minimum atomic E-state index is -0.215. The van der Waals surface area contributed by atoms with Crippen molar-refractivity contribution < 1.29 is 4.84 Å². The SMILES string of the molecule is C=CC(CC)ON=O. The summed E-state index contributed by atoms with van der Waals surface area (Å²) in [6.45, 7) is 5.31. The van der Waals surface area contributed by atoms with E-state index in [4.69, 9.17) is 0 Å². The van der Waals surface area contributed by atoms with E-state index >= 15 is 0 Å². The van der Waals surface area contributed by atoms with E-state index < -0.39 is 0 Å². The third-order valence-electron chi connectivity index (χ3n) is 0.844. The summed E-state index contributed by atoms with van der Waals surface area (Å²) in [5.41, 5.74) is 0. The topological polar surface area (TPSA) is 38.7 Å². The molecule has 0 spiro atoms. The zero-order valence-electron chi connectivity index (χ0n) is 4.83. The summed E-state index contributed by atoms with van der Waals surface area (Å²) in [6.07, 6.45) is 2.06. The fraction of sp³-hybridized carbons (Fsp3) is 0.600. The van der Waals surface area contributed by atoms with Gasteiger partial charge in [-0.25, -0.2) is 0 Å². The molecule has 0 aromatic heterocycles. The van der Waals surface area contributed by atoms with Gasteiger partial charge in [0.1, 0.15) is 6.10 Å². The first-order valence-electron chi connectivity index (χ1n) is 2.46. The molecule has 0 saturated heterocycles. The quantitative estimate of drug-likeness (QED) is 0.317. The lowest BCUT2D eigenvalue weighted by atomic mass is 10.3. The molecule has 3 nitrogen and oxygen atoms in total. The third kappa shape index (κ3) is 2.34. The van der Waals surface area contributed by atoms with E-state index in [9.17, 15) is 4.91 Å². The maximum atomic E-state index is 9.41. The average molecular weight is 115 g/mol. The first kappa shape index (κ1) is 7.14. The maximum absolute atomic E-state index is 9.41. The smallest absolute Gasteiger partial charge is 0.155 e.